The van der Waals surface area contributed by atoms with Gasteiger partial charge in [0.15, 0.2) is 5.82 Å². The number of rotatable bonds is 5. The number of aliphatic carboxylic acids is 1. The molecule has 6 heteroatoms. The number of hydrogen-bond donors (Lipinski definition) is 1. The first-order valence-electron chi connectivity index (χ1n) is 6.46. The summed E-state index contributed by atoms with van der Waals surface area (Å²) >= 11 is 0. The number of carboxylic acid groups (broad SMARTS) is 1. The molecule has 1 aromatic heterocycles. The highest BCUT2D eigenvalue weighted by molar-refractivity contribution is 5.85. The molecule has 0 radical (unpaired) electrons. The molecular weight excluding hydrogens is 270 g/mol. The fraction of sp³-hybridized carbons (Fsp3) is 0.267. The molecule has 0 atom stereocenters. The monoisotopic (exact) mass is 287 g/mol. The number of carboxylic acids is 1. The molecule has 0 saturated carbocycles. The Labute approximate surface area is 122 Å². The molecule has 0 bridgehead atoms. The summed E-state index contributed by atoms with van der Waals surface area (Å²) in [6.07, 6.45) is 2.61. The van der Waals surface area contributed by atoms with E-state index in [1.54, 1.807) is 0 Å². The van der Waals surface area contributed by atoms with Gasteiger partial charge in [-0.3, -0.25) is 0 Å². The average Bonchev–Trinajstić information content (AvgIpc) is 2.75. The van der Waals surface area contributed by atoms with Crippen molar-refractivity contribution in [3.05, 3.63) is 47.1 Å². The Kier molecular flexibility index (Phi) is 4.37. The molecule has 21 heavy (non-hydrogen) atoms. The molecule has 0 amide bonds. The predicted octanol–water partition coefficient (Wildman–Crippen LogP) is 2.11. The van der Waals surface area contributed by atoms with Crippen LogP contribution in [0.5, 0.6) is 5.75 Å². The van der Waals surface area contributed by atoms with Gasteiger partial charge in [0.25, 0.3) is 0 Å². The largest absolute Gasteiger partial charge is 0.485 e. The Hall–Kier alpha value is -2.63. The number of ether oxygens (including phenoxy) is 1. The lowest BCUT2D eigenvalue weighted by molar-refractivity contribution is -0.131. The van der Waals surface area contributed by atoms with Gasteiger partial charge in [-0.2, -0.15) is 0 Å². The van der Waals surface area contributed by atoms with Gasteiger partial charge in [-0.1, -0.05) is 11.6 Å². The van der Waals surface area contributed by atoms with Gasteiger partial charge in [-0.25, -0.2) is 4.79 Å². The lowest BCUT2D eigenvalue weighted by atomic mass is 10.1. The molecule has 0 saturated heterocycles. The van der Waals surface area contributed by atoms with E-state index in [0.717, 1.165) is 23.0 Å². The second kappa shape index (κ2) is 6.21. The number of carbonyl (C=O) groups is 1. The Morgan fingerprint density at radius 1 is 1.38 bits per heavy atom. The van der Waals surface area contributed by atoms with Crippen molar-refractivity contribution in [3.8, 4) is 5.75 Å². The summed E-state index contributed by atoms with van der Waals surface area (Å²) in [5.74, 6) is 1.13. The van der Waals surface area contributed by atoms with E-state index in [9.17, 15) is 4.79 Å². The van der Waals surface area contributed by atoms with Crippen LogP contribution in [0.2, 0.25) is 0 Å². The zero-order valence-corrected chi connectivity index (χ0v) is 12.2. The molecule has 0 aliphatic carbocycles. The molecule has 6 nitrogen and oxygen atoms in total. The zero-order chi connectivity index (χ0) is 15.4. The standard InChI is InChI=1S/C15H17N3O3/c1-10-4-6-13(12(8-10)5-7-15(19)20)21-9-14-17-16-11(2)18(14)3/h4-8H,9H2,1-3H3,(H,19,20). The van der Waals surface area contributed by atoms with Crippen molar-refractivity contribution in [1.82, 2.24) is 14.8 Å². The number of benzene rings is 1. The number of nitrogens with zero attached hydrogens (tertiary/aromatic N) is 3. The van der Waals surface area contributed by atoms with E-state index in [4.69, 9.17) is 9.84 Å². The van der Waals surface area contributed by atoms with E-state index in [1.807, 2.05) is 43.7 Å². The first-order valence-corrected chi connectivity index (χ1v) is 6.46. The van der Waals surface area contributed by atoms with Gasteiger partial charge in [0.1, 0.15) is 18.2 Å². The number of aryl methyl sites for hydroxylation is 2. The van der Waals surface area contributed by atoms with Gasteiger partial charge < -0.3 is 14.4 Å². The third-order valence-corrected chi connectivity index (χ3v) is 3.11. The Balaban J connectivity index is 2.19. The van der Waals surface area contributed by atoms with Crippen molar-refractivity contribution in [2.75, 3.05) is 0 Å². The lowest BCUT2D eigenvalue weighted by Crippen LogP contribution is -2.05. The smallest absolute Gasteiger partial charge is 0.328 e. The highest BCUT2D eigenvalue weighted by Gasteiger charge is 2.08. The molecule has 0 aliphatic heterocycles. The Bertz CT molecular complexity index is 689. The minimum atomic E-state index is -0.994. The van der Waals surface area contributed by atoms with Crippen LogP contribution in [-0.2, 0) is 18.4 Å². The zero-order valence-electron chi connectivity index (χ0n) is 12.2. The summed E-state index contributed by atoms with van der Waals surface area (Å²) in [5.41, 5.74) is 1.75. The van der Waals surface area contributed by atoms with Crippen molar-refractivity contribution in [2.24, 2.45) is 7.05 Å². The summed E-state index contributed by atoms with van der Waals surface area (Å²) < 4.78 is 7.59. The molecule has 1 aromatic carbocycles. The van der Waals surface area contributed by atoms with Crippen LogP contribution in [0.4, 0.5) is 0 Å². The first-order chi connectivity index (χ1) is 9.97. The summed E-state index contributed by atoms with van der Waals surface area (Å²) in [6.45, 7) is 4.08. The van der Waals surface area contributed by atoms with Crippen LogP contribution in [-0.4, -0.2) is 25.8 Å². The van der Waals surface area contributed by atoms with Crippen LogP contribution in [0.25, 0.3) is 6.08 Å². The van der Waals surface area contributed by atoms with Crippen molar-refractivity contribution in [2.45, 2.75) is 20.5 Å². The quantitative estimate of drug-likeness (QED) is 0.852. The summed E-state index contributed by atoms with van der Waals surface area (Å²) in [7, 11) is 1.87. The van der Waals surface area contributed by atoms with Crippen LogP contribution in [0.15, 0.2) is 24.3 Å². The molecule has 0 aliphatic rings. The maximum absolute atomic E-state index is 10.6. The van der Waals surface area contributed by atoms with Crippen LogP contribution in [0.3, 0.4) is 0 Å². The molecule has 0 fully saturated rings. The Morgan fingerprint density at radius 3 is 2.76 bits per heavy atom. The SMILES string of the molecule is Cc1ccc(OCc2nnc(C)n2C)c(C=CC(=O)O)c1. The molecule has 0 spiro atoms. The highest BCUT2D eigenvalue weighted by Crippen LogP contribution is 2.22. The lowest BCUT2D eigenvalue weighted by Gasteiger charge is -2.10. The van der Waals surface area contributed by atoms with E-state index < -0.39 is 5.97 Å². The number of hydrogen-bond acceptors (Lipinski definition) is 4. The molecule has 1 heterocycles. The van der Waals surface area contributed by atoms with Crippen molar-refractivity contribution >= 4 is 12.0 Å². The van der Waals surface area contributed by atoms with Gasteiger partial charge in [0.05, 0.1) is 0 Å². The topological polar surface area (TPSA) is 77.2 Å². The predicted molar refractivity (Wildman–Crippen MR) is 77.9 cm³/mol. The second-order valence-corrected chi connectivity index (χ2v) is 4.72. The number of aromatic nitrogens is 3. The highest BCUT2D eigenvalue weighted by atomic mass is 16.5. The molecule has 2 aromatic rings. The summed E-state index contributed by atoms with van der Waals surface area (Å²) in [4.78, 5) is 10.6. The second-order valence-electron chi connectivity index (χ2n) is 4.72. The van der Waals surface area contributed by atoms with E-state index in [-0.39, 0.29) is 6.61 Å². The molecule has 1 N–H and O–H groups in total. The van der Waals surface area contributed by atoms with Gasteiger partial charge in [0.2, 0.25) is 0 Å². The van der Waals surface area contributed by atoms with Gasteiger partial charge in [-0.05, 0) is 32.1 Å². The molecular formula is C15H17N3O3. The van der Waals surface area contributed by atoms with Crippen LogP contribution in [0, 0.1) is 13.8 Å². The van der Waals surface area contributed by atoms with Gasteiger partial charge >= 0.3 is 5.97 Å². The maximum atomic E-state index is 10.6. The first kappa shape index (κ1) is 14.8. The third kappa shape index (κ3) is 3.68. The fourth-order valence-electron chi connectivity index (χ4n) is 1.81. The maximum Gasteiger partial charge on any atom is 0.328 e. The summed E-state index contributed by atoms with van der Waals surface area (Å²) in [5, 5.41) is 16.7. The van der Waals surface area contributed by atoms with E-state index >= 15 is 0 Å². The van der Waals surface area contributed by atoms with Crippen molar-refractivity contribution in [1.29, 1.82) is 0 Å². The molecule has 110 valence electrons. The van der Waals surface area contributed by atoms with Crippen molar-refractivity contribution < 1.29 is 14.6 Å². The third-order valence-electron chi connectivity index (χ3n) is 3.11. The van der Waals surface area contributed by atoms with E-state index in [2.05, 4.69) is 10.2 Å². The van der Waals surface area contributed by atoms with Gasteiger partial charge in [0, 0.05) is 18.7 Å². The fourth-order valence-corrected chi connectivity index (χ4v) is 1.81. The van der Waals surface area contributed by atoms with E-state index in [1.165, 1.54) is 6.08 Å². The minimum absolute atomic E-state index is 0.272. The van der Waals surface area contributed by atoms with Crippen LogP contribution in [0.1, 0.15) is 22.8 Å². The summed E-state index contributed by atoms with van der Waals surface area (Å²) in [6, 6.07) is 5.60. The Morgan fingerprint density at radius 2 is 2.14 bits per heavy atom. The van der Waals surface area contributed by atoms with Gasteiger partial charge in [-0.15, -0.1) is 10.2 Å². The normalized spacial score (nSPS) is 11.0. The van der Waals surface area contributed by atoms with Crippen LogP contribution >= 0.6 is 0 Å². The van der Waals surface area contributed by atoms with Crippen LogP contribution < -0.4 is 4.74 Å². The molecule has 2 rings (SSSR count). The van der Waals surface area contributed by atoms with E-state index in [0.29, 0.717) is 11.6 Å². The van der Waals surface area contributed by atoms with Crippen molar-refractivity contribution in [3.63, 3.8) is 0 Å². The molecule has 0 unspecified atom stereocenters. The average molecular weight is 287 g/mol. The minimum Gasteiger partial charge on any atom is -0.485 e.